The summed E-state index contributed by atoms with van der Waals surface area (Å²) < 4.78 is 0. The van der Waals surface area contributed by atoms with E-state index < -0.39 is 0 Å². The van der Waals surface area contributed by atoms with Crippen LogP contribution in [0.25, 0.3) is 0 Å². The Morgan fingerprint density at radius 1 is 0.844 bits per heavy atom. The second-order valence-corrected chi connectivity index (χ2v) is 8.04. The third kappa shape index (κ3) is 6.23. The molecule has 1 aliphatic rings. The first-order valence-electron chi connectivity index (χ1n) is 10.9. The number of benzene rings is 2. The van der Waals surface area contributed by atoms with Gasteiger partial charge in [-0.05, 0) is 81.1 Å². The Labute approximate surface area is 188 Å². The molecule has 1 heterocycles. The van der Waals surface area contributed by atoms with Crippen LogP contribution in [0.5, 0.6) is 0 Å². The molecule has 0 aliphatic carbocycles. The van der Waals surface area contributed by atoms with Crippen molar-refractivity contribution in [3.63, 3.8) is 0 Å². The second kappa shape index (κ2) is 10.7. The number of anilines is 3. The first-order chi connectivity index (χ1) is 15.4. The van der Waals surface area contributed by atoms with Crippen molar-refractivity contribution in [2.24, 2.45) is 5.92 Å². The number of urea groups is 2. The summed E-state index contributed by atoms with van der Waals surface area (Å²) in [7, 11) is 0. The second-order valence-electron chi connectivity index (χ2n) is 8.04. The number of carbonyl (C=O) groups excluding carboxylic acids is 3. The molecule has 5 amide bonds. The van der Waals surface area contributed by atoms with Gasteiger partial charge in [-0.1, -0.05) is 6.07 Å². The average molecular weight is 438 g/mol. The molecule has 0 saturated carbocycles. The molecule has 8 nitrogen and oxygen atoms in total. The maximum atomic E-state index is 12.5. The summed E-state index contributed by atoms with van der Waals surface area (Å²) in [5, 5.41) is 11.3. The highest BCUT2D eigenvalue weighted by atomic mass is 16.2. The molecule has 2 aromatic carbocycles. The number of aryl methyl sites for hydroxylation is 2. The molecular weight excluding hydrogens is 406 g/mol. The van der Waals surface area contributed by atoms with Crippen LogP contribution in [0.4, 0.5) is 26.7 Å². The van der Waals surface area contributed by atoms with Crippen molar-refractivity contribution in [3.8, 4) is 0 Å². The number of nitrogens with one attached hydrogen (secondary N) is 4. The minimum absolute atomic E-state index is 0.0284. The van der Waals surface area contributed by atoms with E-state index in [1.165, 1.54) is 5.56 Å². The molecule has 0 aromatic heterocycles. The highest BCUT2D eigenvalue weighted by Crippen LogP contribution is 2.20. The lowest BCUT2D eigenvalue weighted by Gasteiger charge is -2.31. The predicted molar refractivity (Wildman–Crippen MR) is 127 cm³/mol. The van der Waals surface area contributed by atoms with Gasteiger partial charge in [0.25, 0.3) is 0 Å². The summed E-state index contributed by atoms with van der Waals surface area (Å²) in [6.07, 6.45) is 1.33. The molecule has 0 unspecified atom stereocenters. The summed E-state index contributed by atoms with van der Waals surface area (Å²) in [6, 6.07) is 12.2. The normalized spacial score (nSPS) is 13.9. The summed E-state index contributed by atoms with van der Waals surface area (Å²) in [4.78, 5) is 38.4. The fourth-order valence-electron chi connectivity index (χ4n) is 3.62. The molecular formula is C24H31N5O3. The van der Waals surface area contributed by atoms with Crippen molar-refractivity contribution in [2.45, 2.75) is 33.6 Å². The number of hydrogen-bond acceptors (Lipinski definition) is 3. The maximum Gasteiger partial charge on any atom is 0.323 e. The minimum atomic E-state index is -0.333. The van der Waals surface area contributed by atoms with Crippen LogP contribution in [-0.2, 0) is 4.79 Å². The Balaban J connectivity index is 1.47. The zero-order valence-corrected chi connectivity index (χ0v) is 18.8. The van der Waals surface area contributed by atoms with E-state index in [4.69, 9.17) is 0 Å². The molecule has 0 bridgehead atoms. The van der Waals surface area contributed by atoms with Crippen LogP contribution in [0.3, 0.4) is 0 Å². The number of amides is 5. The summed E-state index contributed by atoms with van der Waals surface area (Å²) >= 11 is 0. The van der Waals surface area contributed by atoms with Crippen molar-refractivity contribution in [1.82, 2.24) is 10.2 Å². The Kier molecular flexibility index (Phi) is 7.70. The zero-order valence-electron chi connectivity index (χ0n) is 18.8. The van der Waals surface area contributed by atoms with Gasteiger partial charge in [0, 0.05) is 42.6 Å². The topological polar surface area (TPSA) is 103 Å². The fourth-order valence-corrected chi connectivity index (χ4v) is 3.62. The Hall–Kier alpha value is -3.55. The Morgan fingerprint density at radius 2 is 1.41 bits per heavy atom. The van der Waals surface area contributed by atoms with Crippen molar-refractivity contribution >= 4 is 35.0 Å². The highest BCUT2D eigenvalue weighted by Gasteiger charge is 2.27. The van der Waals surface area contributed by atoms with E-state index in [2.05, 4.69) is 21.3 Å². The smallest absolute Gasteiger partial charge is 0.323 e. The molecule has 8 heteroatoms. The van der Waals surface area contributed by atoms with Crippen LogP contribution in [0.15, 0.2) is 42.5 Å². The SMILES string of the molecule is CCNC(=O)C1CCN(C(=O)Nc2ccc(NC(=O)Nc3ccc(C)c(C)c3)cc2)CC1. The lowest BCUT2D eigenvalue weighted by molar-refractivity contribution is -0.126. The summed E-state index contributed by atoms with van der Waals surface area (Å²) in [5.74, 6) is 0.0384. The van der Waals surface area contributed by atoms with E-state index in [1.54, 1.807) is 29.2 Å². The number of piperidine rings is 1. The van der Waals surface area contributed by atoms with Crippen LogP contribution >= 0.6 is 0 Å². The van der Waals surface area contributed by atoms with Gasteiger partial charge >= 0.3 is 12.1 Å². The largest absolute Gasteiger partial charge is 0.356 e. The zero-order chi connectivity index (χ0) is 23.1. The Bertz CT molecular complexity index is 966. The van der Waals surface area contributed by atoms with Gasteiger partial charge in [-0.2, -0.15) is 0 Å². The first-order valence-corrected chi connectivity index (χ1v) is 10.9. The number of likely N-dealkylation sites (tertiary alicyclic amines) is 1. The van der Waals surface area contributed by atoms with Crippen molar-refractivity contribution in [1.29, 1.82) is 0 Å². The summed E-state index contributed by atoms with van der Waals surface area (Å²) in [6.45, 7) is 7.64. The molecule has 170 valence electrons. The van der Waals surface area contributed by atoms with Crippen molar-refractivity contribution < 1.29 is 14.4 Å². The highest BCUT2D eigenvalue weighted by molar-refractivity contribution is 6.00. The van der Waals surface area contributed by atoms with Crippen molar-refractivity contribution in [2.75, 3.05) is 35.6 Å². The predicted octanol–water partition coefficient (Wildman–Crippen LogP) is 4.33. The molecule has 1 fully saturated rings. The van der Waals surface area contributed by atoms with Crippen molar-refractivity contribution in [3.05, 3.63) is 53.6 Å². The quantitative estimate of drug-likeness (QED) is 0.560. The third-order valence-electron chi connectivity index (χ3n) is 5.66. The van der Waals surface area contributed by atoms with Gasteiger partial charge in [0.05, 0.1) is 0 Å². The Morgan fingerprint density at radius 3 is 2.00 bits per heavy atom. The maximum absolute atomic E-state index is 12.5. The van der Waals surface area contributed by atoms with E-state index in [1.807, 2.05) is 39.0 Å². The van der Waals surface area contributed by atoms with Crippen LogP contribution in [0.1, 0.15) is 30.9 Å². The monoisotopic (exact) mass is 437 g/mol. The molecule has 3 rings (SSSR count). The van der Waals surface area contributed by atoms with Gasteiger partial charge in [-0.25, -0.2) is 9.59 Å². The number of rotatable bonds is 5. The fraction of sp³-hybridized carbons (Fsp3) is 0.375. The number of carbonyl (C=O) groups is 3. The van der Waals surface area contributed by atoms with Crippen LogP contribution in [0, 0.1) is 19.8 Å². The molecule has 2 aromatic rings. The summed E-state index contributed by atoms with van der Waals surface area (Å²) in [5.41, 5.74) is 4.26. The van der Waals surface area contributed by atoms with Gasteiger partial charge in [-0.15, -0.1) is 0 Å². The van der Waals surface area contributed by atoms with Crippen LogP contribution in [-0.4, -0.2) is 42.5 Å². The van der Waals surface area contributed by atoms with E-state index in [0.717, 1.165) is 11.3 Å². The number of nitrogens with zero attached hydrogens (tertiary/aromatic N) is 1. The standard InChI is InChI=1S/C24H31N5O3/c1-4-25-22(30)18-11-13-29(14-12-18)24(32)28-20-9-7-19(8-10-20)26-23(31)27-21-6-5-16(2)17(3)15-21/h5-10,15,18H,4,11-14H2,1-3H3,(H,25,30)(H,28,32)(H2,26,27,31). The van der Waals surface area contributed by atoms with Gasteiger partial charge < -0.3 is 26.2 Å². The molecule has 0 radical (unpaired) electrons. The van der Waals surface area contributed by atoms with Gasteiger partial charge in [0.2, 0.25) is 5.91 Å². The lowest BCUT2D eigenvalue weighted by Crippen LogP contribution is -2.44. The van der Waals surface area contributed by atoms with E-state index in [0.29, 0.717) is 43.9 Å². The average Bonchev–Trinajstić information content (AvgIpc) is 2.78. The van der Waals surface area contributed by atoms with E-state index in [-0.39, 0.29) is 23.9 Å². The van der Waals surface area contributed by atoms with E-state index >= 15 is 0 Å². The molecule has 0 spiro atoms. The van der Waals surface area contributed by atoms with Gasteiger partial charge in [0.15, 0.2) is 0 Å². The molecule has 32 heavy (non-hydrogen) atoms. The minimum Gasteiger partial charge on any atom is -0.356 e. The lowest BCUT2D eigenvalue weighted by atomic mass is 9.96. The third-order valence-corrected chi connectivity index (χ3v) is 5.66. The number of hydrogen-bond donors (Lipinski definition) is 4. The van der Waals surface area contributed by atoms with Crippen LogP contribution < -0.4 is 21.3 Å². The van der Waals surface area contributed by atoms with Gasteiger partial charge in [0.1, 0.15) is 0 Å². The molecule has 4 N–H and O–H groups in total. The first kappa shape index (κ1) is 23.1. The van der Waals surface area contributed by atoms with E-state index in [9.17, 15) is 14.4 Å². The van der Waals surface area contributed by atoms with Crippen LogP contribution in [0.2, 0.25) is 0 Å². The molecule has 1 saturated heterocycles. The van der Waals surface area contributed by atoms with Gasteiger partial charge in [-0.3, -0.25) is 4.79 Å². The molecule has 1 aliphatic heterocycles. The molecule has 0 atom stereocenters.